The molecule has 0 unspecified atom stereocenters. The van der Waals surface area contributed by atoms with Crippen molar-refractivity contribution in [2.24, 2.45) is 5.92 Å². The van der Waals surface area contributed by atoms with Gasteiger partial charge in [-0.2, -0.15) is 0 Å². The molecule has 0 heterocycles. The molecule has 0 radical (unpaired) electrons. The van der Waals surface area contributed by atoms with E-state index in [0.29, 0.717) is 23.6 Å². The summed E-state index contributed by atoms with van der Waals surface area (Å²) >= 11 is 0. The van der Waals surface area contributed by atoms with Gasteiger partial charge in [0.15, 0.2) is 0 Å². The summed E-state index contributed by atoms with van der Waals surface area (Å²) in [6.45, 7) is 11.4. The molecule has 144 valence electrons. The minimum atomic E-state index is -0.190. The molecule has 0 bridgehead atoms. The number of amides is 2. The third-order valence-corrected chi connectivity index (χ3v) is 4.43. The van der Waals surface area contributed by atoms with Crippen LogP contribution in [0, 0.1) is 5.92 Å². The molecular formula is C23H30N2O2. The van der Waals surface area contributed by atoms with E-state index in [4.69, 9.17) is 0 Å². The monoisotopic (exact) mass is 366 g/mol. The number of nitrogens with one attached hydrogen (secondary N) is 2. The van der Waals surface area contributed by atoms with Gasteiger partial charge in [0, 0.05) is 23.4 Å². The van der Waals surface area contributed by atoms with Gasteiger partial charge in [-0.3, -0.25) is 9.59 Å². The number of anilines is 1. The maximum Gasteiger partial charge on any atom is 0.255 e. The van der Waals surface area contributed by atoms with E-state index in [2.05, 4.69) is 45.3 Å². The van der Waals surface area contributed by atoms with Crippen LogP contribution >= 0.6 is 0 Å². The fourth-order valence-corrected chi connectivity index (χ4v) is 2.61. The Bertz CT molecular complexity index is 770. The molecular weight excluding hydrogens is 336 g/mol. The van der Waals surface area contributed by atoms with Gasteiger partial charge in [0.2, 0.25) is 0 Å². The first-order chi connectivity index (χ1) is 12.7. The van der Waals surface area contributed by atoms with Crippen LogP contribution in [0.15, 0.2) is 48.5 Å². The van der Waals surface area contributed by atoms with Crippen molar-refractivity contribution in [3.8, 4) is 0 Å². The Hall–Kier alpha value is -2.62. The Morgan fingerprint density at radius 3 is 1.85 bits per heavy atom. The van der Waals surface area contributed by atoms with Crippen LogP contribution in [0.3, 0.4) is 0 Å². The van der Waals surface area contributed by atoms with Crippen molar-refractivity contribution in [2.75, 3.05) is 11.9 Å². The Labute approximate surface area is 162 Å². The first-order valence-corrected chi connectivity index (χ1v) is 9.47. The van der Waals surface area contributed by atoms with E-state index in [1.54, 1.807) is 24.3 Å². The maximum absolute atomic E-state index is 12.4. The van der Waals surface area contributed by atoms with Crippen LogP contribution in [0.4, 0.5) is 5.69 Å². The van der Waals surface area contributed by atoms with Gasteiger partial charge in [0.25, 0.3) is 11.8 Å². The van der Waals surface area contributed by atoms with Crippen LogP contribution in [0.25, 0.3) is 0 Å². The number of benzene rings is 2. The van der Waals surface area contributed by atoms with Gasteiger partial charge in [-0.15, -0.1) is 0 Å². The zero-order valence-corrected chi connectivity index (χ0v) is 16.9. The third-order valence-electron chi connectivity index (χ3n) is 4.43. The Balaban J connectivity index is 1.96. The van der Waals surface area contributed by atoms with E-state index in [1.807, 2.05) is 24.3 Å². The fraction of sp³-hybridized carbons (Fsp3) is 0.391. The lowest BCUT2D eigenvalue weighted by molar-refractivity contribution is 0.0950. The fourth-order valence-electron chi connectivity index (χ4n) is 2.61. The summed E-state index contributed by atoms with van der Waals surface area (Å²) in [6.07, 6.45) is 0.945. The average molecular weight is 367 g/mol. The molecule has 4 heteroatoms. The standard InChI is InChI=1S/C23H30N2O2/c1-16(2)14-15-24-21(26)17-6-8-18(9-7-17)22(27)25-20-12-10-19(11-13-20)23(3,4)5/h6-13,16H,14-15H2,1-5H3,(H,24,26)(H,25,27). The highest BCUT2D eigenvalue weighted by atomic mass is 16.2. The van der Waals surface area contributed by atoms with Gasteiger partial charge in [-0.1, -0.05) is 46.8 Å². The highest BCUT2D eigenvalue weighted by molar-refractivity contribution is 6.05. The molecule has 0 atom stereocenters. The normalized spacial score (nSPS) is 11.3. The molecule has 0 saturated heterocycles. The van der Waals surface area contributed by atoms with E-state index >= 15 is 0 Å². The zero-order chi connectivity index (χ0) is 20.0. The number of hydrogen-bond donors (Lipinski definition) is 2. The summed E-state index contributed by atoms with van der Waals surface area (Å²) in [7, 11) is 0. The minimum Gasteiger partial charge on any atom is -0.352 e. The van der Waals surface area contributed by atoms with E-state index in [-0.39, 0.29) is 17.2 Å². The third kappa shape index (κ3) is 6.24. The van der Waals surface area contributed by atoms with Crippen LogP contribution in [0.5, 0.6) is 0 Å². The molecule has 0 saturated carbocycles. The molecule has 0 spiro atoms. The molecule has 0 aliphatic carbocycles. The highest BCUT2D eigenvalue weighted by Crippen LogP contribution is 2.23. The topological polar surface area (TPSA) is 58.2 Å². The Kier molecular flexibility index (Phi) is 6.78. The minimum absolute atomic E-state index is 0.0775. The van der Waals surface area contributed by atoms with Crippen LogP contribution in [0.1, 0.15) is 67.3 Å². The predicted molar refractivity (Wildman–Crippen MR) is 111 cm³/mol. The molecule has 0 fully saturated rings. The van der Waals surface area contributed by atoms with Gasteiger partial charge in [-0.25, -0.2) is 0 Å². The summed E-state index contributed by atoms with van der Waals surface area (Å²) in [5.41, 5.74) is 3.13. The Morgan fingerprint density at radius 2 is 1.37 bits per heavy atom. The van der Waals surface area contributed by atoms with Crippen molar-refractivity contribution in [3.05, 3.63) is 65.2 Å². The van der Waals surface area contributed by atoms with Crippen LogP contribution in [-0.4, -0.2) is 18.4 Å². The quantitative estimate of drug-likeness (QED) is 0.755. The van der Waals surface area contributed by atoms with Gasteiger partial charge in [-0.05, 0) is 59.7 Å². The van der Waals surface area contributed by atoms with E-state index in [1.165, 1.54) is 5.56 Å². The molecule has 27 heavy (non-hydrogen) atoms. The number of carbonyl (C=O) groups excluding carboxylic acids is 2. The molecule has 2 aromatic rings. The predicted octanol–water partition coefficient (Wildman–Crippen LogP) is 5.01. The van der Waals surface area contributed by atoms with Crippen molar-refractivity contribution < 1.29 is 9.59 Å². The smallest absolute Gasteiger partial charge is 0.255 e. The molecule has 4 nitrogen and oxygen atoms in total. The SMILES string of the molecule is CC(C)CCNC(=O)c1ccc(C(=O)Nc2ccc(C(C)(C)C)cc2)cc1. The van der Waals surface area contributed by atoms with Gasteiger partial charge >= 0.3 is 0 Å². The molecule has 0 aliphatic heterocycles. The van der Waals surface area contributed by atoms with Gasteiger partial charge in [0.1, 0.15) is 0 Å². The van der Waals surface area contributed by atoms with Crippen LogP contribution < -0.4 is 10.6 Å². The molecule has 2 aromatic carbocycles. The van der Waals surface area contributed by atoms with Crippen LogP contribution in [-0.2, 0) is 5.41 Å². The second kappa shape index (κ2) is 8.85. The largest absolute Gasteiger partial charge is 0.352 e. The van der Waals surface area contributed by atoms with Crippen molar-refractivity contribution >= 4 is 17.5 Å². The lowest BCUT2D eigenvalue weighted by Gasteiger charge is -2.19. The van der Waals surface area contributed by atoms with E-state index in [0.717, 1.165) is 12.1 Å². The second-order valence-electron chi connectivity index (χ2n) is 8.30. The number of carbonyl (C=O) groups is 2. The maximum atomic E-state index is 12.4. The number of hydrogen-bond acceptors (Lipinski definition) is 2. The van der Waals surface area contributed by atoms with Gasteiger partial charge < -0.3 is 10.6 Å². The summed E-state index contributed by atoms with van der Waals surface area (Å²) in [6, 6.07) is 14.6. The highest BCUT2D eigenvalue weighted by Gasteiger charge is 2.14. The summed E-state index contributed by atoms with van der Waals surface area (Å²) < 4.78 is 0. The van der Waals surface area contributed by atoms with E-state index < -0.39 is 0 Å². The van der Waals surface area contributed by atoms with Crippen LogP contribution in [0.2, 0.25) is 0 Å². The second-order valence-corrected chi connectivity index (χ2v) is 8.30. The first-order valence-electron chi connectivity index (χ1n) is 9.47. The lowest BCUT2D eigenvalue weighted by Crippen LogP contribution is -2.25. The summed E-state index contributed by atoms with van der Waals surface area (Å²) in [4.78, 5) is 24.5. The van der Waals surface area contributed by atoms with E-state index in [9.17, 15) is 9.59 Å². The van der Waals surface area contributed by atoms with Crippen molar-refractivity contribution in [1.29, 1.82) is 0 Å². The summed E-state index contributed by atoms with van der Waals surface area (Å²) in [5.74, 6) is 0.250. The lowest BCUT2D eigenvalue weighted by atomic mass is 9.87. The van der Waals surface area contributed by atoms with Crippen molar-refractivity contribution in [2.45, 2.75) is 46.5 Å². The summed E-state index contributed by atoms with van der Waals surface area (Å²) in [5, 5.41) is 5.79. The molecule has 0 aliphatic rings. The molecule has 0 aromatic heterocycles. The number of rotatable bonds is 6. The Morgan fingerprint density at radius 1 is 0.852 bits per heavy atom. The van der Waals surface area contributed by atoms with Crippen molar-refractivity contribution in [1.82, 2.24) is 5.32 Å². The average Bonchev–Trinajstić information content (AvgIpc) is 2.61. The first kappa shape index (κ1) is 20.7. The zero-order valence-electron chi connectivity index (χ0n) is 16.9. The van der Waals surface area contributed by atoms with Gasteiger partial charge in [0.05, 0.1) is 0 Å². The molecule has 2 amide bonds. The molecule has 2 rings (SSSR count). The van der Waals surface area contributed by atoms with Crippen molar-refractivity contribution in [3.63, 3.8) is 0 Å². The molecule has 2 N–H and O–H groups in total.